The van der Waals surface area contributed by atoms with Crippen molar-refractivity contribution in [2.75, 3.05) is 7.05 Å². The molecule has 0 saturated carbocycles. The number of nitrogens with one attached hydrogen (secondary N) is 1. The van der Waals surface area contributed by atoms with Crippen molar-refractivity contribution in [3.8, 4) is 0 Å². The van der Waals surface area contributed by atoms with Gasteiger partial charge in [0, 0.05) is 6.20 Å². The molecule has 2 rings (SSSR count). The van der Waals surface area contributed by atoms with Crippen molar-refractivity contribution in [2.45, 2.75) is 19.4 Å². The van der Waals surface area contributed by atoms with Crippen molar-refractivity contribution in [1.29, 1.82) is 0 Å². The summed E-state index contributed by atoms with van der Waals surface area (Å²) >= 11 is 0. The van der Waals surface area contributed by atoms with E-state index in [-0.39, 0.29) is 11.9 Å². The van der Waals surface area contributed by atoms with Crippen molar-refractivity contribution in [2.24, 2.45) is 0 Å². The van der Waals surface area contributed by atoms with Gasteiger partial charge in [-0.1, -0.05) is 12.1 Å². The van der Waals surface area contributed by atoms with Gasteiger partial charge in [0.15, 0.2) is 0 Å². The van der Waals surface area contributed by atoms with Crippen LogP contribution in [0.25, 0.3) is 0 Å². The van der Waals surface area contributed by atoms with Gasteiger partial charge in [0.1, 0.15) is 11.6 Å². The summed E-state index contributed by atoms with van der Waals surface area (Å²) in [6, 6.07) is 8.59. The Morgan fingerprint density at radius 3 is 2.83 bits per heavy atom. The van der Waals surface area contributed by atoms with Gasteiger partial charge in [0.2, 0.25) is 0 Å². The van der Waals surface area contributed by atoms with Gasteiger partial charge in [-0.3, -0.25) is 0 Å². The van der Waals surface area contributed by atoms with E-state index in [9.17, 15) is 4.39 Å². The summed E-state index contributed by atoms with van der Waals surface area (Å²) < 4.78 is 13.1. The SMILES string of the molecule is CNC(Cc1cccc(F)c1)c1ccnc(C)n1. The van der Waals surface area contributed by atoms with Crippen LogP contribution in [-0.4, -0.2) is 17.0 Å². The molecule has 0 aliphatic heterocycles. The van der Waals surface area contributed by atoms with E-state index in [0.29, 0.717) is 6.42 Å². The third kappa shape index (κ3) is 3.11. The molecule has 1 aromatic carbocycles. The lowest BCUT2D eigenvalue weighted by molar-refractivity contribution is 0.567. The first kappa shape index (κ1) is 12.6. The first-order valence-corrected chi connectivity index (χ1v) is 5.90. The Bertz CT molecular complexity index is 528. The number of aryl methyl sites for hydroxylation is 1. The number of benzene rings is 1. The molecule has 1 heterocycles. The minimum atomic E-state index is -0.207. The molecular formula is C14H16FN3. The molecule has 0 aliphatic rings. The molecular weight excluding hydrogens is 229 g/mol. The van der Waals surface area contributed by atoms with E-state index >= 15 is 0 Å². The lowest BCUT2D eigenvalue weighted by atomic mass is 10.0. The van der Waals surface area contributed by atoms with Crippen LogP contribution in [0.1, 0.15) is 23.1 Å². The highest BCUT2D eigenvalue weighted by Gasteiger charge is 2.12. The number of aromatic nitrogens is 2. The lowest BCUT2D eigenvalue weighted by Gasteiger charge is -2.16. The number of rotatable bonds is 4. The standard InChI is InChI=1S/C14H16FN3/c1-10-17-7-6-13(18-10)14(16-2)9-11-4-3-5-12(15)8-11/h3-8,14,16H,9H2,1-2H3. The lowest BCUT2D eigenvalue weighted by Crippen LogP contribution is -2.20. The predicted octanol–water partition coefficient (Wildman–Crippen LogP) is 2.43. The van der Waals surface area contributed by atoms with E-state index in [1.807, 2.05) is 26.1 Å². The van der Waals surface area contributed by atoms with Gasteiger partial charge in [-0.25, -0.2) is 14.4 Å². The third-order valence-corrected chi connectivity index (χ3v) is 2.83. The fraction of sp³-hybridized carbons (Fsp3) is 0.286. The summed E-state index contributed by atoms with van der Waals surface area (Å²) in [4.78, 5) is 8.47. The molecule has 0 amide bonds. The molecule has 3 nitrogen and oxygen atoms in total. The number of hydrogen-bond acceptors (Lipinski definition) is 3. The van der Waals surface area contributed by atoms with Crippen LogP contribution in [0.2, 0.25) is 0 Å². The molecule has 1 unspecified atom stereocenters. The third-order valence-electron chi connectivity index (χ3n) is 2.83. The summed E-state index contributed by atoms with van der Waals surface area (Å²) in [6.07, 6.45) is 2.44. The molecule has 1 aromatic heterocycles. The summed E-state index contributed by atoms with van der Waals surface area (Å²) in [6.45, 7) is 1.86. The maximum Gasteiger partial charge on any atom is 0.125 e. The summed E-state index contributed by atoms with van der Waals surface area (Å²) in [5.41, 5.74) is 1.87. The van der Waals surface area contributed by atoms with Crippen LogP contribution < -0.4 is 5.32 Å². The van der Waals surface area contributed by atoms with E-state index in [1.54, 1.807) is 18.3 Å². The molecule has 0 bridgehead atoms. The minimum absolute atomic E-state index is 0.0634. The second-order valence-electron chi connectivity index (χ2n) is 4.20. The van der Waals surface area contributed by atoms with Gasteiger partial charge in [-0.05, 0) is 44.2 Å². The van der Waals surface area contributed by atoms with Crippen molar-refractivity contribution < 1.29 is 4.39 Å². The zero-order chi connectivity index (χ0) is 13.0. The van der Waals surface area contributed by atoms with E-state index in [4.69, 9.17) is 0 Å². The monoisotopic (exact) mass is 245 g/mol. The normalized spacial score (nSPS) is 12.4. The number of halogens is 1. The number of likely N-dealkylation sites (N-methyl/N-ethyl adjacent to an activating group) is 1. The minimum Gasteiger partial charge on any atom is -0.311 e. The van der Waals surface area contributed by atoms with Gasteiger partial charge < -0.3 is 5.32 Å². The Morgan fingerprint density at radius 2 is 2.17 bits per heavy atom. The van der Waals surface area contributed by atoms with Crippen LogP contribution in [0.3, 0.4) is 0 Å². The molecule has 2 aromatic rings. The second-order valence-corrected chi connectivity index (χ2v) is 4.20. The van der Waals surface area contributed by atoms with Crippen molar-refractivity contribution in [3.63, 3.8) is 0 Å². The molecule has 4 heteroatoms. The average Bonchev–Trinajstić information content (AvgIpc) is 2.36. The molecule has 0 aliphatic carbocycles. The van der Waals surface area contributed by atoms with Crippen LogP contribution in [0.15, 0.2) is 36.5 Å². The predicted molar refractivity (Wildman–Crippen MR) is 68.7 cm³/mol. The highest BCUT2D eigenvalue weighted by Crippen LogP contribution is 2.16. The molecule has 0 saturated heterocycles. The van der Waals surface area contributed by atoms with Gasteiger partial charge in [-0.15, -0.1) is 0 Å². The molecule has 18 heavy (non-hydrogen) atoms. The van der Waals surface area contributed by atoms with E-state index in [1.165, 1.54) is 6.07 Å². The smallest absolute Gasteiger partial charge is 0.125 e. The first-order chi connectivity index (χ1) is 8.69. The van der Waals surface area contributed by atoms with Crippen LogP contribution in [-0.2, 0) is 6.42 Å². The van der Waals surface area contributed by atoms with Crippen LogP contribution in [0.5, 0.6) is 0 Å². The Labute approximate surface area is 106 Å². The molecule has 0 radical (unpaired) electrons. The second kappa shape index (κ2) is 5.69. The van der Waals surface area contributed by atoms with E-state index < -0.39 is 0 Å². The fourth-order valence-corrected chi connectivity index (χ4v) is 1.92. The number of nitrogens with zero attached hydrogens (tertiary/aromatic N) is 2. The van der Waals surface area contributed by atoms with Gasteiger partial charge >= 0.3 is 0 Å². The maximum atomic E-state index is 13.1. The highest BCUT2D eigenvalue weighted by atomic mass is 19.1. The Hall–Kier alpha value is -1.81. The molecule has 0 spiro atoms. The fourth-order valence-electron chi connectivity index (χ4n) is 1.92. The Kier molecular flexibility index (Phi) is 3.99. The summed E-state index contributed by atoms with van der Waals surface area (Å²) in [7, 11) is 1.88. The Morgan fingerprint density at radius 1 is 1.33 bits per heavy atom. The zero-order valence-corrected chi connectivity index (χ0v) is 10.5. The van der Waals surface area contributed by atoms with E-state index in [0.717, 1.165) is 17.1 Å². The zero-order valence-electron chi connectivity index (χ0n) is 10.5. The Balaban J connectivity index is 2.19. The summed E-state index contributed by atoms with van der Waals surface area (Å²) in [5, 5.41) is 3.20. The van der Waals surface area contributed by atoms with Crippen molar-refractivity contribution in [1.82, 2.24) is 15.3 Å². The number of hydrogen-bond donors (Lipinski definition) is 1. The molecule has 0 fully saturated rings. The quantitative estimate of drug-likeness (QED) is 0.899. The van der Waals surface area contributed by atoms with Gasteiger partial charge in [0.05, 0.1) is 11.7 Å². The van der Waals surface area contributed by atoms with Crippen molar-refractivity contribution in [3.05, 3.63) is 59.4 Å². The maximum absolute atomic E-state index is 13.1. The topological polar surface area (TPSA) is 37.8 Å². The first-order valence-electron chi connectivity index (χ1n) is 5.90. The molecule has 94 valence electrons. The van der Waals surface area contributed by atoms with Crippen LogP contribution in [0, 0.1) is 12.7 Å². The van der Waals surface area contributed by atoms with E-state index in [2.05, 4.69) is 15.3 Å². The molecule has 1 atom stereocenters. The van der Waals surface area contributed by atoms with Gasteiger partial charge in [0.25, 0.3) is 0 Å². The van der Waals surface area contributed by atoms with Gasteiger partial charge in [-0.2, -0.15) is 0 Å². The van der Waals surface area contributed by atoms with Crippen LogP contribution in [0.4, 0.5) is 4.39 Å². The van der Waals surface area contributed by atoms with Crippen LogP contribution >= 0.6 is 0 Å². The average molecular weight is 245 g/mol. The van der Waals surface area contributed by atoms with Crippen molar-refractivity contribution >= 4 is 0 Å². The largest absolute Gasteiger partial charge is 0.311 e. The summed E-state index contributed by atoms with van der Waals surface area (Å²) in [5.74, 6) is 0.535. The highest BCUT2D eigenvalue weighted by molar-refractivity contribution is 5.20. The molecule has 1 N–H and O–H groups in total.